The topological polar surface area (TPSA) is 151 Å². The lowest BCUT2D eigenvalue weighted by Crippen LogP contribution is -2.28. The Balaban J connectivity index is 2.07. The van der Waals surface area contributed by atoms with E-state index in [-0.39, 0.29) is 35.9 Å². The molecule has 0 saturated carbocycles. The van der Waals surface area contributed by atoms with Crippen molar-refractivity contribution in [1.29, 1.82) is 0 Å². The van der Waals surface area contributed by atoms with Crippen molar-refractivity contribution in [3.63, 3.8) is 0 Å². The second-order valence-corrected chi connectivity index (χ2v) is 5.23. The van der Waals surface area contributed by atoms with Gasteiger partial charge in [0.15, 0.2) is 0 Å². The van der Waals surface area contributed by atoms with Crippen molar-refractivity contribution < 1.29 is 14.6 Å². The van der Waals surface area contributed by atoms with Crippen LogP contribution in [0.15, 0.2) is 6.20 Å². The lowest BCUT2D eigenvalue weighted by atomic mass is 10.3. The molecule has 0 aliphatic carbocycles. The quantitative estimate of drug-likeness (QED) is 0.576. The number of nitrogens with one attached hydrogen (secondary N) is 1. The van der Waals surface area contributed by atoms with Gasteiger partial charge in [0.25, 0.3) is 5.91 Å². The van der Waals surface area contributed by atoms with Crippen LogP contribution < -0.4 is 5.32 Å². The summed E-state index contributed by atoms with van der Waals surface area (Å²) >= 11 is 0. The smallest absolute Gasteiger partial charge is 0.320 e. The highest BCUT2D eigenvalue weighted by Crippen LogP contribution is 2.21. The minimum atomic E-state index is -0.685. The molecular formula is C13H17N7O5. The average Bonchev–Trinajstić information content (AvgIpc) is 3.09. The molecular weight excluding hydrogens is 334 g/mol. The lowest BCUT2D eigenvalue weighted by Gasteiger charge is -2.05. The van der Waals surface area contributed by atoms with Gasteiger partial charge in [-0.25, -0.2) is 0 Å². The molecule has 1 N–H and O–H groups in total. The number of amides is 1. The fourth-order valence-electron chi connectivity index (χ4n) is 2.40. The van der Waals surface area contributed by atoms with E-state index in [1.54, 1.807) is 13.8 Å². The standard InChI is InChI=1S/C13H17N7O5/c1-4-17-7-10(19(22)23)11(16-17)13(21)14-5-6-18-9(3)12(20(24)25)8(2)15-18/h7H,4-6H2,1-3H3,(H,14,21). The third-order valence-corrected chi connectivity index (χ3v) is 3.61. The fraction of sp³-hybridized carbons (Fsp3) is 0.462. The molecule has 12 nitrogen and oxygen atoms in total. The molecule has 12 heteroatoms. The molecule has 2 rings (SSSR count). The first-order valence-corrected chi connectivity index (χ1v) is 7.44. The summed E-state index contributed by atoms with van der Waals surface area (Å²) in [6.07, 6.45) is 1.19. The predicted molar refractivity (Wildman–Crippen MR) is 85.2 cm³/mol. The van der Waals surface area contributed by atoms with Crippen molar-refractivity contribution in [3.05, 3.63) is 43.5 Å². The molecule has 0 spiro atoms. The highest BCUT2D eigenvalue weighted by molar-refractivity contribution is 5.96. The van der Waals surface area contributed by atoms with Crippen molar-refractivity contribution >= 4 is 17.3 Å². The molecule has 0 unspecified atom stereocenters. The molecule has 2 aromatic heterocycles. The average molecular weight is 351 g/mol. The van der Waals surface area contributed by atoms with Gasteiger partial charge in [0.1, 0.15) is 17.6 Å². The van der Waals surface area contributed by atoms with E-state index in [1.807, 2.05) is 0 Å². The van der Waals surface area contributed by atoms with Gasteiger partial charge >= 0.3 is 11.4 Å². The molecule has 0 bridgehead atoms. The van der Waals surface area contributed by atoms with E-state index in [4.69, 9.17) is 0 Å². The van der Waals surface area contributed by atoms with Crippen molar-refractivity contribution in [3.8, 4) is 0 Å². The molecule has 0 aliphatic rings. The van der Waals surface area contributed by atoms with Crippen LogP contribution in [0.2, 0.25) is 0 Å². The Kier molecular flexibility index (Phi) is 5.10. The maximum atomic E-state index is 12.1. The van der Waals surface area contributed by atoms with Gasteiger partial charge < -0.3 is 5.32 Å². The summed E-state index contributed by atoms with van der Waals surface area (Å²) in [7, 11) is 0. The number of hydrogen-bond donors (Lipinski definition) is 1. The number of nitro groups is 2. The summed E-state index contributed by atoms with van der Waals surface area (Å²) in [5, 5.41) is 32.4. The van der Waals surface area contributed by atoms with Crippen LogP contribution in [0.25, 0.3) is 0 Å². The molecule has 0 fully saturated rings. The number of carbonyl (C=O) groups is 1. The molecule has 0 aliphatic heterocycles. The Labute approximate surface area is 141 Å². The molecule has 2 aromatic rings. The Hall–Kier alpha value is -3.31. The number of aryl methyl sites for hydroxylation is 2. The third-order valence-electron chi connectivity index (χ3n) is 3.61. The zero-order valence-corrected chi connectivity index (χ0v) is 13.9. The fourth-order valence-corrected chi connectivity index (χ4v) is 2.40. The molecule has 2 heterocycles. The predicted octanol–water partition coefficient (Wildman–Crippen LogP) is 0.963. The maximum Gasteiger partial charge on any atom is 0.320 e. The van der Waals surface area contributed by atoms with E-state index in [0.29, 0.717) is 12.2 Å². The van der Waals surface area contributed by atoms with Gasteiger partial charge in [-0.2, -0.15) is 10.2 Å². The van der Waals surface area contributed by atoms with E-state index in [2.05, 4.69) is 15.5 Å². The zero-order chi connectivity index (χ0) is 18.7. The molecule has 25 heavy (non-hydrogen) atoms. The normalized spacial score (nSPS) is 10.7. The van der Waals surface area contributed by atoms with Gasteiger partial charge in [-0.15, -0.1) is 0 Å². The first-order chi connectivity index (χ1) is 11.8. The van der Waals surface area contributed by atoms with Crippen LogP contribution in [0.1, 0.15) is 28.8 Å². The molecule has 0 radical (unpaired) electrons. The maximum absolute atomic E-state index is 12.1. The Morgan fingerprint density at radius 2 is 1.92 bits per heavy atom. The molecule has 134 valence electrons. The van der Waals surface area contributed by atoms with E-state index in [0.717, 1.165) is 0 Å². The van der Waals surface area contributed by atoms with Gasteiger partial charge in [-0.1, -0.05) is 0 Å². The summed E-state index contributed by atoms with van der Waals surface area (Å²) < 4.78 is 2.71. The van der Waals surface area contributed by atoms with Crippen LogP contribution in [0.3, 0.4) is 0 Å². The Bertz CT molecular complexity index is 838. The molecule has 0 atom stereocenters. The monoisotopic (exact) mass is 351 g/mol. The minimum absolute atomic E-state index is 0.0661. The SMILES string of the molecule is CCn1cc([N+](=O)[O-])c(C(=O)NCCn2nc(C)c([N+](=O)[O-])c2C)n1. The van der Waals surface area contributed by atoms with Crippen LogP contribution in [0, 0.1) is 34.1 Å². The number of nitrogens with zero attached hydrogens (tertiary/aromatic N) is 6. The van der Waals surface area contributed by atoms with Crippen LogP contribution in [0.5, 0.6) is 0 Å². The summed E-state index contributed by atoms with van der Waals surface area (Å²) in [5.41, 5.74) is -0.0555. The summed E-state index contributed by atoms with van der Waals surface area (Å²) in [5.74, 6) is -0.685. The van der Waals surface area contributed by atoms with Crippen LogP contribution >= 0.6 is 0 Å². The first-order valence-electron chi connectivity index (χ1n) is 7.44. The molecule has 0 aromatic carbocycles. The highest BCUT2D eigenvalue weighted by Gasteiger charge is 2.25. The van der Waals surface area contributed by atoms with E-state index >= 15 is 0 Å². The number of hydrogen-bond acceptors (Lipinski definition) is 7. The number of aromatic nitrogens is 4. The zero-order valence-electron chi connectivity index (χ0n) is 13.9. The third kappa shape index (κ3) is 3.62. The van der Waals surface area contributed by atoms with Crippen molar-refractivity contribution in [2.24, 2.45) is 0 Å². The molecule has 0 saturated heterocycles. The summed E-state index contributed by atoms with van der Waals surface area (Å²) in [4.78, 5) is 32.9. The van der Waals surface area contributed by atoms with E-state index in [9.17, 15) is 25.0 Å². The van der Waals surface area contributed by atoms with Crippen molar-refractivity contribution in [1.82, 2.24) is 24.9 Å². The number of carbonyl (C=O) groups excluding carboxylic acids is 1. The van der Waals surface area contributed by atoms with E-state index in [1.165, 1.54) is 22.5 Å². The number of rotatable bonds is 7. The second-order valence-electron chi connectivity index (χ2n) is 5.23. The molecule has 1 amide bonds. The lowest BCUT2D eigenvalue weighted by molar-refractivity contribution is -0.386. The van der Waals surface area contributed by atoms with Gasteiger partial charge in [0.2, 0.25) is 5.69 Å². The highest BCUT2D eigenvalue weighted by atomic mass is 16.6. The van der Waals surface area contributed by atoms with Gasteiger partial charge in [0.05, 0.1) is 16.4 Å². The summed E-state index contributed by atoms with van der Waals surface area (Å²) in [6, 6.07) is 0. The van der Waals surface area contributed by atoms with Gasteiger partial charge in [-0.05, 0) is 20.8 Å². The first kappa shape index (κ1) is 18.0. The largest absolute Gasteiger partial charge is 0.349 e. The van der Waals surface area contributed by atoms with Gasteiger partial charge in [-0.3, -0.25) is 34.4 Å². The minimum Gasteiger partial charge on any atom is -0.349 e. The van der Waals surface area contributed by atoms with Crippen LogP contribution in [-0.2, 0) is 13.1 Å². The van der Waals surface area contributed by atoms with E-state index < -0.39 is 15.8 Å². The second kappa shape index (κ2) is 7.07. The van der Waals surface area contributed by atoms with Crippen LogP contribution in [0.4, 0.5) is 11.4 Å². The Morgan fingerprint density at radius 1 is 1.24 bits per heavy atom. The van der Waals surface area contributed by atoms with Gasteiger partial charge in [0, 0.05) is 13.1 Å². The van der Waals surface area contributed by atoms with Crippen molar-refractivity contribution in [2.45, 2.75) is 33.9 Å². The van der Waals surface area contributed by atoms with Crippen molar-refractivity contribution in [2.75, 3.05) is 6.54 Å². The summed E-state index contributed by atoms with van der Waals surface area (Å²) in [6.45, 7) is 5.51. The Morgan fingerprint density at radius 3 is 2.44 bits per heavy atom. The van der Waals surface area contributed by atoms with Crippen LogP contribution in [-0.4, -0.2) is 41.9 Å².